The molecule has 3 rings (SSSR count). The lowest BCUT2D eigenvalue weighted by molar-refractivity contribution is 1.45. The fourth-order valence-electron chi connectivity index (χ4n) is 1.46. The van der Waals surface area contributed by atoms with Crippen LogP contribution in [0.25, 0.3) is 20.8 Å². The van der Waals surface area contributed by atoms with Crippen LogP contribution in [0.4, 0.5) is 0 Å². The molecule has 1 aromatic carbocycles. The Balaban J connectivity index is 2.52. The summed E-state index contributed by atoms with van der Waals surface area (Å²) in [5.74, 6) is 0. The van der Waals surface area contributed by atoms with Crippen molar-refractivity contribution in [2.75, 3.05) is 0 Å². The molecule has 2 heteroatoms. The molecular formula is C11H7NS. The van der Waals surface area contributed by atoms with Gasteiger partial charge < -0.3 is 0 Å². The van der Waals surface area contributed by atoms with Gasteiger partial charge in [-0.1, -0.05) is 18.2 Å². The van der Waals surface area contributed by atoms with Gasteiger partial charge in [0.2, 0.25) is 0 Å². The first-order valence-electron chi connectivity index (χ1n) is 4.18. The topological polar surface area (TPSA) is 12.9 Å². The zero-order chi connectivity index (χ0) is 8.67. The van der Waals surface area contributed by atoms with E-state index in [0.29, 0.717) is 0 Å². The van der Waals surface area contributed by atoms with Gasteiger partial charge in [-0.15, -0.1) is 11.3 Å². The molecule has 1 aliphatic heterocycles. The molecule has 0 saturated heterocycles. The monoisotopic (exact) mass is 185 g/mol. The maximum absolute atomic E-state index is 4.55. The van der Waals surface area contributed by atoms with Crippen molar-refractivity contribution in [1.82, 2.24) is 4.98 Å². The van der Waals surface area contributed by atoms with E-state index < -0.39 is 0 Å². The molecule has 0 bridgehead atoms. The van der Waals surface area contributed by atoms with Crippen LogP contribution in [0.3, 0.4) is 0 Å². The maximum atomic E-state index is 4.55. The molecule has 0 fully saturated rings. The van der Waals surface area contributed by atoms with E-state index in [1.54, 1.807) is 11.3 Å². The molecule has 0 amide bonds. The Morgan fingerprint density at radius 3 is 2.85 bits per heavy atom. The van der Waals surface area contributed by atoms with E-state index in [2.05, 4.69) is 35.3 Å². The highest BCUT2D eigenvalue weighted by Crippen LogP contribution is 2.30. The summed E-state index contributed by atoms with van der Waals surface area (Å²) in [6, 6.07) is 14.5. The number of hydrogen-bond acceptors (Lipinski definition) is 2. The summed E-state index contributed by atoms with van der Waals surface area (Å²) in [6.07, 6.45) is 0. The number of aromatic nitrogens is 1. The molecule has 0 aromatic heterocycles. The van der Waals surface area contributed by atoms with Gasteiger partial charge in [-0.2, -0.15) is 0 Å². The summed E-state index contributed by atoms with van der Waals surface area (Å²) in [6.45, 7) is 0. The third-order valence-electron chi connectivity index (χ3n) is 2.08. The first-order valence-corrected chi connectivity index (χ1v) is 4.99. The summed E-state index contributed by atoms with van der Waals surface area (Å²) in [7, 11) is 0. The standard InChI is InChI=1S/C11H7NS/c1-2-6-10-8(4-1)12-9-5-3-7-11(9)13-10/h1-7H. The second-order valence-corrected chi connectivity index (χ2v) is 4.04. The van der Waals surface area contributed by atoms with Gasteiger partial charge in [-0.25, -0.2) is 4.98 Å². The fourth-order valence-corrected chi connectivity index (χ4v) is 2.42. The molecule has 2 aliphatic rings. The molecular weight excluding hydrogens is 178 g/mol. The Hall–Kier alpha value is -1.41. The largest absolute Gasteiger partial charge is 0.246 e. The highest BCUT2D eigenvalue weighted by atomic mass is 32.1. The summed E-state index contributed by atoms with van der Waals surface area (Å²) >= 11 is 1.80. The van der Waals surface area contributed by atoms with Crippen LogP contribution in [0, 0.1) is 0 Å². The van der Waals surface area contributed by atoms with Crippen molar-refractivity contribution in [3.63, 3.8) is 0 Å². The molecule has 1 aliphatic carbocycles. The highest BCUT2D eigenvalue weighted by Gasteiger charge is 2.05. The van der Waals surface area contributed by atoms with Crippen LogP contribution in [-0.2, 0) is 0 Å². The normalized spacial score (nSPS) is 11.1. The molecule has 13 heavy (non-hydrogen) atoms. The number of rotatable bonds is 0. The average molecular weight is 185 g/mol. The Bertz CT molecular complexity index is 480. The van der Waals surface area contributed by atoms with Crippen LogP contribution >= 0.6 is 11.3 Å². The van der Waals surface area contributed by atoms with Crippen molar-refractivity contribution in [2.24, 2.45) is 0 Å². The second kappa shape index (κ2) is 2.54. The zero-order valence-electron chi connectivity index (χ0n) is 6.90. The van der Waals surface area contributed by atoms with E-state index >= 15 is 0 Å². The molecule has 0 unspecified atom stereocenters. The molecule has 1 nitrogen and oxygen atoms in total. The molecule has 0 atom stereocenters. The summed E-state index contributed by atoms with van der Waals surface area (Å²) in [5.41, 5.74) is 2.19. The van der Waals surface area contributed by atoms with E-state index in [4.69, 9.17) is 0 Å². The third-order valence-corrected chi connectivity index (χ3v) is 3.21. The lowest BCUT2D eigenvalue weighted by Gasteiger charge is -1.99. The van der Waals surface area contributed by atoms with Crippen molar-refractivity contribution in [2.45, 2.75) is 0 Å². The van der Waals surface area contributed by atoms with Crippen LogP contribution in [0.1, 0.15) is 0 Å². The Morgan fingerprint density at radius 1 is 0.923 bits per heavy atom. The quantitative estimate of drug-likeness (QED) is 0.523. The first-order chi connectivity index (χ1) is 6.43. The predicted molar refractivity (Wildman–Crippen MR) is 56.2 cm³/mol. The lowest BCUT2D eigenvalue weighted by Crippen LogP contribution is -1.79. The van der Waals surface area contributed by atoms with Gasteiger partial charge in [0.15, 0.2) is 0 Å². The minimum absolute atomic E-state index is 1.09. The van der Waals surface area contributed by atoms with Crippen molar-refractivity contribution < 1.29 is 0 Å². The summed E-state index contributed by atoms with van der Waals surface area (Å²) in [4.78, 5) is 5.81. The van der Waals surface area contributed by atoms with Crippen LogP contribution in [0.15, 0.2) is 42.5 Å². The lowest BCUT2D eigenvalue weighted by atomic mass is 10.3. The Kier molecular flexibility index (Phi) is 1.37. The SMILES string of the molecule is c1cc2nc3ccccc3sc-2c1. The van der Waals surface area contributed by atoms with Gasteiger partial charge in [0.05, 0.1) is 20.8 Å². The number of nitrogens with zero attached hydrogens (tertiary/aromatic N) is 1. The zero-order valence-corrected chi connectivity index (χ0v) is 7.71. The second-order valence-electron chi connectivity index (χ2n) is 2.96. The molecule has 1 heterocycles. The van der Waals surface area contributed by atoms with Gasteiger partial charge in [0.1, 0.15) is 0 Å². The number of benzene rings is 1. The molecule has 0 radical (unpaired) electrons. The van der Waals surface area contributed by atoms with E-state index in [0.717, 1.165) is 11.2 Å². The minimum atomic E-state index is 1.09. The number of fused-ring (bicyclic) bond motifs is 2. The van der Waals surface area contributed by atoms with Crippen molar-refractivity contribution in [3.8, 4) is 10.6 Å². The first kappa shape index (κ1) is 7.04. The summed E-state index contributed by atoms with van der Waals surface area (Å²) in [5, 5.41) is 0. The van der Waals surface area contributed by atoms with Crippen molar-refractivity contribution in [1.29, 1.82) is 0 Å². The van der Waals surface area contributed by atoms with Gasteiger partial charge in [-0.05, 0) is 24.3 Å². The van der Waals surface area contributed by atoms with Crippen molar-refractivity contribution >= 4 is 21.6 Å². The maximum Gasteiger partial charge on any atom is 0.0809 e. The van der Waals surface area contributed by atoms with E-state index in [1.807, 2.05) is 12.1 Å². The smallest absolute Gasteiger partial charge is 0.0809 e. The van der Waals surface area contributed by atoms with Gasteiger partial charge in [0, 0.05) is 0 Å². The summed E-state index contributed by atoms with van der Waals surface area (Å²) < 4.78 is 1.25. The van der Waals surface area contributed by atoms with E-state index in [1.165, 1.54) is 9.58 Å². The van der Waals surface area contributed by atoms with Gasteiger partial charge >= 0.3 is 0 Å². The Morgan fingerprint density at radius 2 is 1.85 bits per heavy atom. The molecule has 1 aromatic rings. The highest BCUT2D eigenvalue weighted by molar-refractivity contribution is 7.21. The minimum Gasteiger partial charge on any atom is -0.246 e. The Labute approximate surface area is 80.0 Å². The van der Waals surface area contributed by atoms with Crippen LogP contribution < -0.4 is 0 Å². The van der Waals surface area contributed by atoms with Crippen LogP contribution in [-0.4, -0.2) is 4.98 Å². The van der Waals surface area contributed by atoms with Gasteiger partial charge in [-0.3, -0.25) is 0 Å². The fraction of sp³-hybridized carbons (Fsp3) is 0. The van der Waals surface area contributed by atoms with Crippen LogP contribution in [0.5, 0.6) is 0 Å². The molecule has 62 valence electrons. The molecule has 0 spiro atoms. The van der Waals surface area contributed by atoms with Crippen LogP contribution in [0.2, 0.25) is 0 Å². The molecule has 0 N–H and O–H groups in total. The third kappa shape index (κ3) is 1.03. The predicted octanol–water partition coefficient (Wildman–Crippen LogP) is 3.40. The number of para-hydroxylation sites is 1. The average Bonchev–Trinajstić information content (AvgIpc) is 2.61. The van der Waals surface area contributed by atoms with Gasteiger partial charge in [0.25, 0.3) is 0 Å². The van der Waals surface area contributed by atoms with E-state index in [9.17, 15) is 0 Å². The van der Waals surface area contributed by atoms with Crippen molar-refractivity contribution in [3.05, 3.63) is 42.5 Å². The van der Waals surface area contributed by atoms with E-state index in [-0.39, 0.29) is 0 Å². The molecule has 0 saturated carbocycles. The number of hydrogen-bond donors (Lipinski definition) is 0.